The van der Waals surface area contributed by atoms with Crippen molar-refractivity contribution >= 4 is 33.2 Å². The minimum absolute atomic E-state index is 0.193. The van der Waals surface area contributed by atoms with Crippen molar-refractivity contribution in [3.05, 3.63) is 46.7 Å². The normalized spacial score (nSPS) is 15.5. The molecule has 1 aliphatic rings. The van der Waals surface area contributed by atoms with E-state index in [0.717, 1.165) is 12.8 Å². The lowest BCUT2D eigenvalue weighted by Crippen LogP contribution is -2.28. The van der Waals surface area contributed by atoms with Crippen LogP contribution < -0.4 is 5.32 Å². The molecule has 8 heteroatoms. The lowest BCUT2D eigenvalue weighted by atomic mass is 10.3. The van der Waals surface area contributed by atoms with E-state index in [-0.39, 0.29) is 10.8 Å². The molecule has 2 aromatic rings. The fourth-order valence-corrected chi connectivity index (χ4v) is 4.86. The summed E-state index contributed by atoms with van der Waals surface area (Å²) in [4.78, 5) is 12.8. The standard InChI is InChI=1S/C17H20ClN3O3S/c1-12-16(25(23,24)21-9-3-4-10-21)11-15(20(12)2)17(22)19-14-7-5-13(18)6-8-14/h5-8,11H,3-4,9-10H2,1-2H3,(H,19,22). The van der Waals surface area contributed by atoms with Gasteiger partial charge in [0.25, 0.3) is 5.91 Å². The Morgan fingerprint density at radius 1 is 1.16 bits per heavy atom. The van der Waals surface area contributed by atoms with Crippen LogP contribution in [0.1, 0.15) is 29.0 Å². The minimum atomic E-state index is -3.57. The predicted octanol–water partition coefficient (Wildman–Crippen LogP) is 3.02. The zero-order valence-electron chi connectivity index (χ0n) is 14.1. The Morgan fingerprint density at radius 2 is 1.76 bits per heavy atom. The number of nitrogens with one attached hydrogen (secondary N) is 1. The van der Waals surface area contributed by atoms with Crippen molar-refractivity contribution in [1.82, 2.24) is 8.87 Å². The second kappa shape index (κ2) is 6.82. The van der Waals surface area contributed by atoms with Gasteiger partial charge in [-0.25, -0.2) is 8.42 Å². The van der Waals surface area contributed by atoms with Crippen LogP contribution >= 0.6 is 11.6 Å². The van der Waals surface area contributed by atoms with Crippen LogP contribution in [0, 0.1) is 6.92 Å². The molecular weight excluding hydrogens is 362 g/mol. The van der Waals surface area contributed by atoms with E-state index in [9.17, 15) is 13.2 Å². The fraction of sp³-hybridized carbons (Fsp3) is 0.353. The summed E-state index contributed by atoms with van der Waals surface area (Å²) in [5, 5.41) is 3.34. The van der Waals surface area contributed by atoms with E-state index in [2.05, 4.69) is 5.32 Å². The predicted molar refractivity (Wildman–Crippen MR) is 97.5 cm³/mol. The first-order valence-corrected chi connectivity index (χ1v) is 9.86. The molecule has 0 unspecified atom stereocenters. The molecule has 1 amide bonds. The molecular formula is C17H20ClN3O3S. The van der Waals surface area contributed by atoms with Crippen LogP contribution in [-0.4, -0.2) is 36.3 Å². The van der Waals surface area contributed by atoms with Gasteiger partial charge in [-0.15, -0.1) is 0 Å². The van der Waals surface area contributed by atoms with Crippen molar-refractivity contribution in [2.75, 3.05) is 18.4 Å². The Morgan fingerprint density at radius 3 is 2.36 bits per heavy atom. The van der Waals surface area contributed by atoms with Gasteiger partial charge in [0.15, 0.2) is 0 Å². The van der Waals surface area contributed by atoms with Gasteiger partial charge in [-0.05, 0) is 50.1 Å². The molecule has 1 aromatic carbocycles. The van der Waals surface area contributed by atoms with Crippen LogP contribution in [0.25, 0.3) is 0 Å². The van der Waals surface area contributed by atoms with E-state index >= 15 is 0 Å². The van der Waals surface area contributed by atoms with E-state index in [4.69, 9.17) is 11.6 Å². The van der Waals surface area contributed by atoms with Crippen molar-refractivity contribution in [3.8, 4) is 0 Å². The Balaban J connectivity index is 1.90. The summed E-state index contributed by atoms with van der Waals surface area (Å²) in [5.74, 6) is -0.365. The van der Waals surface area contributed by atoms with Gasteiger partial charge in [0.05, 0.1) is 0 Å². The van der Waals surface area contributed by atoms with Crippen LogP contribution in [0.3, 0.4) is 0 Å². The highest BCUT2D eigenvalue weighted by Gasteiger charge is 2.31. The van der Waals surface area contributed by atoms with Gasteiger partial charge in [0, 0.05) is 36.5 Å². The summed E-state index contributed by atoms with van der Waals surface area (Å²) in [6.07, 6.45) is 1.74. The summed E-state index contributed by atoms with van der Waals surface area (Å²) < 4.78 is 28.7. The van der Waals surface area contributed by atoms with Gasteiger partial charge in [0.2, 0.25) is 10.0 Å². The van der Waals surface area contributed by atoms with Crippen molar-refractivity contribution in [3.63, 3.8) is 0 Å². The Kier molecular flexibility index (Phi) is 4.90. The zero-order chi connectivity index (χ0) is 18.2. The number of anilines is 1. The quantitative estimate of drug-likeness (QED) is 0.884. The van der Waals surface area contributed by atoms with Gasteiger partial charge in [-0.1, -0.05) is 11.6 Å². The number of aromatic nitrogens is 1. The van der Waals surface area contributed by atoms with E-state index in [1.165, 1.54) is 10.4 Å². The van der Waals surface area contributed by atoms with E-state index in [1.54, 1.807) is 42.8 Å². The molecule has 1 N–H and O–H groups in total. The lowest BCUT2D eigenvalue weighted by Gasteiger charge is -2.15. The number of rotatable bonds is 4. The largest absolute Gasteiger partial charge is 0.343 e. The molecule has 1 aliphatic heterocycles. The topological polar surface area (TPSA) is 71.4 Å². The van der Waals surface area contributed by atoms with Crippen LogP contribution in [0.2, 0.25) is 5.02 Å². The van der Waals surface area contributed by atoms with Crippen LogP contribution in [-0.2, 0) is 17.1 Å². The number of benzene rings is 1. The lowest BCUT2D eigenvalue weighted by molar-refractivity contribution is 0.101. The second-order valence-electron chi connectivity index (χ2n) is 6.11. The SMILES string of the molecule is Cc1c(S(=O)(=O)N2CCCC2)cc(C(=O)Nc2ccc(Cl)cc2)n1C. The van der Waals surface area contributed by atoms with Crippen LogP contribution in [0.5, 0.6) is 0 Å². The van der Waals surface area contributed by atoms with Gasteiger partial charge in [-0.2, -0.15) is 4.31 Å². The van der Waals surface area contributed by atoms with E-state index in [0.29, 0.717) is 35.2 Å². The molecule has 0 aliphatic carbocycles. The van der Waals surface area contributed by atoms with Gasteiger partial charge in [-0.3, -0.25) is 4.79 Å². The highest BCUT2D eigenvalue weighted by molar-refractivity contribution is 7.89. The van der Waals surface area contributed by atoms with Crippen molar-refractivity contribution < 1.29 is 13.2 Å². The summed E-state index contributed by atoms with van der Waals surface area (Å²) >= 11 is 5.84. The van der Waals surface area contributed by atoms with Crippen molar-refractivity contribution in [2.45, 2.75) is 24.7 Å². The average Bonchev–Trinajstić information content (AvgIpc) is 3.20. The third-order valence-corrected chi connectivity index (χ3v) is 6.77. The first-order chi connectivity index (χ1) is 11.8. The number of amides is 1. The van der Waals surface area contributed by atoms with Gasteiger partial charge >= 0.3 is 0 Å². The molecule has 0 saturated carbocycles. The number of hydrogen-bond acceptors (Lipinski definition) is 3. The summed E-state index contributed by atoms with van der Waals surface area (Å²) in [6, 6.07) is 8.19. The van der Waals surface area contributed by atoms with Crippen molar-refractivity contribution in [2.24, 2.45) is 7.05 Å². The minimum Gasteiger partial charge on any atom is -0.343 e. The molecule has 0 spiro atoms. The summed E-state index contributed by atoms with van der Waals surface area (Å²) in [5.41, 5.74) is 1.44. The number of carbonyl (C=O) groups is 1. The third kappa shape index (κ3) is 3.44. The highest BCUT2D eigenvalue weighted by atomic mass is 35.5. The average molecular weight is 382 g/mol. The monoisotopic (exact) mass is 381 g/mol. The molecule has 1 fully saturated rings. The third-order valence-electron chi connectivity index (χ3n) is 4.51. The highest BCUT2D eigenvalue weighted by Crippen LogP contribution is 2.26. The maximum atomic E-state index is 12.8. The molecule has 0 atom stereocenters. The second-order valence-corrected chi connectivity index (χ2v) is 8.45. The first kappa shape index (κ1) is 18.0. The van der Waals surface area contributed by atoms with E-state index in [1.807, 2.05) is 0 Å². The summed E-state index contributed by atoms with van der Waals surface area (Å²) in [6.45, 7) is 2.77. The Hall–Kier alpha value is -1.83. The molecule has 2 heterocycles. The Bertz CT molecular complexity index is 898. The smallest absolute Gasteiger partial charge is 0.272 e. The van der Waals surface area contributed by atoms with Crippen LogP contribution in [0.4, 0.5) is 5.69 Å². The van der Waals surface area contributed by atoms with E-state index < -0.39 is 10.0 Å². The fourth-order valence-electron chi connectivity index (χ4n) is 2.95. The molecule has 0 radical (unpaired) electrons. The molecule has 6 nitrogen and oxygen atoms in total. The summed E-state index contributed by atoms with van der Waals surface area (Å²) in [7, 11) is -1.88. The molecule has 3 rings (SSSR count). The molecule has 25 heavy (non-hydrogen) atoms. The number of nitrogens with zero attached hydrogens (tertiary/aromatic N) is 2. The van der Waals surface area contributed by atoms with Gasteiger partial charge < -0.3 is 9.88 Å². The zero-order valence-corrected chi connectivity index (χ0v) is 15.7. The maximum Gasteiger partial charge on any atom is 0.272 e. The number of carbonyl (C=O) groups excluding carboxylic acids is 1. The molecule has 1 saturated heterocycles. The Labute approximate surface area is 152 Å². The first-order valence-electron chi connectivity index (χ1n) is 8.04. The molecule has 0 bridgehead atoms. The number of sulfonamides is 1. The molecule has 134 valence electrons. The number of halogens is 1. The van der Waals surface area contributed by atoms with Crippen molar-refractivity contribution in [1.29, 1.82) is 0 Å². The maximum absolute atomic E-state index is 12.8. The number of hydrogen-bond donors (Lipinski definition) is 1. The molecule has 1 aromatic heterocycles. The van der Waals surface area contributed by atoms with Gasteiger partial charge in [0.1, 0.15) is 10.6 Å². The van der Waals surface area contributed by atoms with Crippen LogP contribution in [0.15, 0.2) is 35.2 Å².